The Morgan fingerprint density at radius 1 is 0.769 bits per heavy atom. The van der Waals surface area contributed by atoms with E-state index in [0.717, 1.165) is 50.4 Å². The summed E-state index contributed by atoms with van der Waals surface area (Å²) in [6, 6.07) is 15.6. The van der Waals surface area contributed by atoms with Gasteiger partial charge in [-0.05, 0) is 157 Å². The summed E-state index contributed by atoms with van der Waals surface area (Å²) in [7, 11) is 0. The van der Waals surface area contributed by atoms with Gasteiger partial charge in [0.1, 0.15) is 0 Å². The number of aliphatic hydroxyl groups is 1. The molecule has 286 valence electrons. The molecule has 0 radical (unpaired) electrons. The highest BCUT2D eigenvalue weighted by atomic mass is 16.3. The van der Waals surface area contributed by atoms with Crippen molar-refractivity contribution in [1.29, 1.82) is 0 Å². The van der Waals surface area contributed by atoms with Gasteiger partial charge >= 0.3 is 0 Å². The van der Waals surface area contributed by atoms with E-state index < -0.39 is 0 Å². The molecule has 1 aliphatic heterocycles. The van der Waals surface area contributed by atoms with E-state index in [2.05, 4.69) is 106 Å². The summed E-state index contributed by atoms with van der Waals surface area (Å²) in [6.07, 6.45) is 14.5. The molecule has 0 spiro atoms. The van der Waals surface area contributed by atoms with Crippen molar-refractivity contribution in [3.05, 3.63) is 60.2 Å². The molecule has 0 bridgehead atoms. The lowest BCUT2D eigenvalue weighted by Crippen LogP contribution is -2.66. The molecule has 2 aromatic rings. The van der Waals surface area contributed by atoms with Crippen molar-refractivity contribution in [3.8, 4) is 0 Å². The van der Waals surface area contributed by atoms with Crippen molar-refractivity contribution in [3.63, 3.8) is 0 Å². The molecule has 10 atom stereocenters. The second kappa shape index (κ2) is 13.8. The Hall–Kier alpha value is -1.72. The van der Waals surface area contributed by atoms with Gasteiger partial charge in [0, 0.05) is 45.8 Å². The van der Waals surface area contributed by atoms with E-state index in [4.69, 9.17) is 0 Å². The standard InChI is InChI=1S/C48H73N3O/c1-34(2)37-17-22-48(25-26-49-27-28-50-29-31-51(32-30-50)33-36-13-10-12-35-11-8-9-14-38(35)36)24-23-46(6)39(43(37)48)15-16-41-45(5)20-19-42(52)44(3,4)40(45)18-21-47(41,46)7/h8-14,37,39-43,49,52H,1,15-33H2,2-7H3/t37-,39+,40-,41+,42-,43+,45-,46+,47+,48+/m0/s1. The first-order valence-electron chi connectivity index (χ1n) is 21.8. The molecule has 6 fully saturated rings. The van der Waals surface area contributed by atoms with Gasteiger partial charge in [-0.3, -0.25) is 9.80 Å². The van der Waals surface area contributed by atoms with Gasteiger partial charge in [-0.15, -0.1) is 0 Å². The van der Waals surface area contributed by atoms with Gasteiger partial charge in [-0.1, -0.05) is 89.2 Å². The topological polar surface area (TPSA) is 38.7 Å². The second-order valence-electron chi connectivity index (χ2n) is 20.7. The summed E-state index contributed by atoms with van der Waals surface area (Å²) in [5.74, 6) is 3.74. The monoisotopic (exact) mass is 708 g/mol. The van der Waals surface area contributed by atoms with Gasteiger partial charge in [-0.2, -0.15) is 0 Å². The zero-order valence-electron chi connectivity index (χ0n) is 34.0. The van der Waals surface area contributed by atoms with Gasteiger partial charge in [0.15, 0.2) is 0 Å². The molecular formula is C48H73N3O. The Balaban J connectivity index is 0.882. The first-order chi connectivity index (χ1) is 24.8. The third-order valence-electron chi connectivity index (χ3n) is 18.4. The van der Waals surface area contributed by atoms with Crippen LogP contribution in [0.15, 0.2) is 54.6 Å². The zero-order chi connectivity index (χ0) is 36.5. The van der Waals surface area contributed by atoms with E-state index in [1.165, 1.54) is 112 Å². The van der Waals surface area contributed by atoms with Crippen molar-refractivity contribution >= 4 is 10.8 Å². The lowest BCUT2D eigenvalue weighted by molar-refractivity contribution is -0.247. The van der Waals surface area contributed by atoms with Crippen LogP contribution in [0.2, 0.25) is 0 Å². The van der Waals surface area contributed by atoms with E-state index in [1.54, 1.807) is 0 Å². The lowest BCUT2D eigenvalue weighted by atomic mass is 9.32. The summed E-state index contributed by atoms with van der Waals surface area (Å²) >= 11 is 0. The first kappa shape index (κ1) is 37.2. The van der Waals surface area contributed by atoms with Crippen LogP contribution in [-0.2, 0) is 6.54 Å². The average Bonchev–Trinajstić information content (AvgIpc) is 3.51. The SMILES string of the molecule is C=C(C)[C@@H]1CC[C@]2(CCNCCN3CCN(Cc4cccc5ccccc45)CC3)CC[C@]3(C)[C@H](CC[C@@H]4[C@@]5(C)CC[C@H](O)C(C)(C)[C@@H]5CC[C@]43C)[C@@H]12. The second-order valence-corrected chi connectivity index (χ2v) is 20.7. The van der Waals surface area contributed by atoms with E-state index in [1.807, 2.05) is 0 Å². The number of nitrogens with zero attached hydrogens (tertiary/aromatic N) is 2. The molecule has 5 saturated carbocycles. The highest BCUT2D eigenvalue weighted by Gasteiger charge is 2.70. The minimum Gasteiger partial charge on any atom is -0.393 e. The van der Waals surface area contributed by atoms with Crippen LogP contribution < -0.4 is 5.32 Å². The molecular weight excluding hydrogens is 635 g/mol. The number of hydrogen-bond donors (Lipinski definition) is 2. The van der Waals surface area contributed by atoms with Crippen molar-refractivity contribution in [2.45, 2.75) is 125 Å². The lowest BCUT2D eigenvalue weighted by Gasteiger charge is -2.73. The highest BCUT2D eigenvalue weighted by molar-refractivity contribution is 5.85. The minimum atomic E-state index is -0.142. The average molecular weight is 708 g/mol. The third kappa shape index (κ3) is 5.90. The molecule has 52 heavy (non-hydrogen) atoms. The quantitative estimate of drug-likeness (QED) is 0.201. The maximum Gasteiger partial charge on any atom is 0.0594 e. The number of fused-ring (bicyclic) bond motifs is 8. The Bertz CT molecular complexity index is 1600. The summed E-state index contributed by atoms with van der Waals surface area (Å²) in [5.41, 5.74) is 4.60. The van der Waals surface area contributed by atoms with E-state index in [9.17, 15) is 5.11 Å². The third-order valence-corrected chi connectivity index (χ3v) is 18.4. The van der Waals surface area contributed by atoms with Crippen molar-refractivity contribution in [1.82, 2.24) is 15.1 Å². The predicted octanol–water partition coefficient (Wildman–Crippen LogP) is 9.96. The van der Waals surface area contributed by atoms with Crippen LogP contribution in [0.5, 0.6) is 0 Å². The molecule has 1 saturated heterocycles. The molecule has 6 aliphatic rings. The van der Waals surface area contributed by atoms with Crippen LogP contribution >= 0.6 is 0 Å². The molecule has 4 heteroatoms. The highest BCUT2D eigenvalue weighted by Crippen LogP contribution is 2.77. The molecule has 1 heterocycles. The molecule has 2 aromatic carbocycles. The number of rotatable bonds is 9. The molecule has 0 unspecified atom stereocenters. The van der Waals surface area contributed by atoms with Crippen molar-refractivity contribution in [2.75, 3.05) is 45.8 Å². The fourth-order valence-electron chi connectivity index (χ4n) is 15.2. The van der Waals surface area contributed by atoms with Gasteiger partial charge in [-0.25, -0.2) is 0 Å². The van der Waals surface area contributed by atoms with Gasteiger partial charge in [0.2, 0.25) is 0 Å². The maximum absolute atomic E-state index is 11.1. The number of nitrogens with one attached hydrogen (secondary N) is 1. The Labute approximate surface area is 317 Å². The Morgan fingerprint density at radius 2 is 1.52 bits per heavy atom. The van der Waals surface area contributed by atoms with Crippen LogP contribution in [0, 0.1) is 56.7 Å². The fourth-order valence-corrected chi connectivity index (χ4v) is 15.2. The summed E-state index contributed by atoms with van der Waals surface area (Å²) < 4.78 is 0. The normalized spacial score (nSPS) is 41.9. The first-order valence-corrected chi connectivity index (χ1v) is 21.8. The van der Waals surface area contributed by atoms with E-state index in [0.29, 0.717) is 33.5 Å². The largest absolute Gasteiger partial charge is 0.393 e. The number of benzene rings is 2. The number of piperazine rings is 1. The molecule has 5 aliphatic carbocycles. The summed E-state index contributed by atoms with van der Waals surface area (Å²) in [5, 5.41) is 17.9. The number of allylic oxidation sites excluding steroid dienone is 1. The van der Waals surface area contributed by atoms with Crippen LogP contribution in [-0.4, -0.2) is 66.8 Å². The summed E-state index contributed by atoms with van der Waals surface area (Å²) in [4.78, 5) is 5.34. The minimum absolute atomic E-state index is 0.0315. The van der Waals surface area contributed by atoms with Gasteiger partial charge < -0.3 is 10.4 Å². The zero-order valence-corrected chi connectivity index (χ0v) is 34.0. The Morgan fingerprint density at radius 3 is 2.31 bits per heavy atom. The smallest absolute Gasteiger partial charge is 0.0594 e. The van der Waals surface area contributed by atoms with Crippen LogP contribution in [0.25, 0.3) is 10.8 Å². The number of aliphatic hydroxyl groups excluding tert-OH is 1. The molecule has 0 amide bonds. The summed E-state index contributed by atoms with van der Waals surface area (Å²) in [6.45, 7) is 29.2. The maximum atomic E-state index is 11.1. The predicted molar refractivity (Wildman–Crippen MR) is 218 cm³/mol. The molecule has 2 N–H and O–H groups in total. The van der Waals surface area contributed by atoms with Gasteiger partial charge in [0.05, 0.1) is 6.10 Å². The van der Waals surface area contributed by atoms with Crippen LogP contribution in [0.3, 0.4) is 0 Å². The molecule has 4 nitrogen and oxygen atoms in total. The van der Waals surface area contributed by atoms with Crippen molar-refractivity contribution in [2.24, 2.45) is 56.7 Å². The molecule has 8 rings (SSSR count). The van der Waals surface area contributed by atoms with E-state index >= 15 is 0 Å². The fraction of sp³-hybridized carbons (Fsp3) is 0.750. The van der Waals surface area contributed by atoms with Gasteiger partial charge in [0.25, 0.3) is 0 Å². The Kier molecular flexibility index (Phi) is 9.87. The van der Waals surface area contributed by atoms with Crippen LogP contribution in [0.4, 0.5) is 0 Å². The number of hydrogen-bond acceptors (Lipinski definition) is 4. The van der Waals surface area contributed by atoms with E-state index in [-0.39, 0.29) is 11.5 Å². The molecule has 0 aromatic heterocycles. The van der Waals surface area contributed by atoms with Crippen molar-refractivity contribution < 1.29 is 5.11 Å². The van der Waals surface area contributed by atoms with Crippen LogP contribution in [0.1, 0.15) is 118 Å².